The molecule has 0 unspecified atom stereocenters. The average molecular weight is 354 g/mol. The van der Waals surface area contributed by atoms with E-state index in [-0.39, 0.29) is 11.2 Å². The number of nitrogens with one attached hydrogen (secondary N) is 2. The van der Waals surface area contributed by atoms with Crippen molar-refractivity contribution < 1.29 is 14.0 Å². The van der Waals surface area contributed by atoms with Gasteiger partial charge < -0.3 is 10.6 Å². The maximum absolute atomic E-state index is 13.1. The fourth-order valence-electron chi connectivity index (χ4n) is 3.40. The fraction of sp³-hybridized carbons (Fsp3) is 0.333. The van der Waals surface area contributed by atoms with E-state index in [1.54, 1.807) is 12.1 Å². The molecule has 0 aliphatic heterocycles. The lowest BCUT2D eigenvalue weighted by molar-refractivity contribution is -0.136. The molecule has 1 aliphatic carbocycles. The van der Waals surface area contributed by atoms with Gasteiger partial charge in [0.25, 0.3) is 0 Å². The van der Waals surface area contributed by atoms with E-state index in [1.165, 1.54) is 12.1 Å². The van der Waals surface area contributed by atoms with Gasteiger partial charge in [-0.25, -0.2) is 4.39 Å². The van der Waals surface area contributed by atoms with Crippen molar-refractivity contribution in [3.8, 4) is 0 Å². The zero-order valence-electron chi connectivity index (χ0n) is 15.3. The van der Waals surface area contributed by atoms with Crippen molar-refractivity contribution in [1.29, 1.82) is 0 Å². The fourth-order valence-corrected chi connectivity index (χ4v) is 3.40. The molecule has 0 aromatic heterocycles. The Bertz CT molecular complexity index is 832. The highest BCUT2D eigenvalue weighted by Crippen LogP contribution is 2.47. The summed E-state index contributed by atoms with van der Waals surface area (Å²) < 4.78 is 13.1. The minimum Gasteiger partial charge on any atom is -0.347 e. The molecule has 2 amide bonds. The number of halogens is 1. The Morgan fingerprint density at radius 1 is 1.00 bits per heavy atom. The van der Waals surface area contributed by atoms with Gasteiger partial charge in [-0.1, -0.05) is 29.8 Å². The highest BCUT2D eigenvalue weighted by Gasteiger charge is 2.44. The second-order valence-electron chi connectivity index (χ2n) is 7.20. The highest BCUT2D eigenvalue weighted by atomic mass is 19.1. The summed E-state index contributed by atoms with van der Waals surface area (Å²) in [7, 11) is 0. The van der Waals surface area contributed by atoms with Crippen molar-refractivity contribution in [2.75, 3.05) is 11.9 Å². The predicted molar refractivity (Wildman–Crippen MR) is 99.6 cm³/mol. The van der Waals surface area contributed by atoms with Gasteiger partial charge in [0.1, 0.15) is 5.82 Å². The minimum absolute atomic E-state index is 0.181. The molecule has 0 saturated heterocycles. The standard InChI is InChI=1S/C21H23FN2O2/c1-13-10-14(2)18(15(3)11-13)24-20(26)19(25)23-12-21(8-9-21)16-4-6-17(22)7-5-16/h4-7,10-11H,8-9,12H2,1-3H3,(H,23,25)(H,24,26). The molecule has 26 heavy (non-hydrogen) atoms. The van der Waals surface area contributed by atoms with Crippen LogP contribution >= 0.6 is 0 Å². The largest absolute Gasteiger partial charge is 0.347 e. The van der Waals surface area contributed by atoms with Gasteiger partial charge in [0.05, 0.1) is 0 Å². The number of hydrogen-bond donors (Lipinski definition) is 2. The molecular weight excluding hydrogens is 331 g/mol. The summed E-state index contributed by atoms with van der Waals surface area (Å²) in [5.74, 6) is -1.61. The smallest absolute Gasteiger partial charge is 0.313 e. The monoisotopic (exact) mass is 354 g/mol. The van der Waals surface area contributed by atoms with Gasteiger partial charge in [-0.3, -0.25) is 9.59 Å². The van der Waals surface area contributed by atoms with Crippen LogP contribution in [0.2, 0.25) is 0 Å². The van der Waals surface area contributed by atoms with Gasteiger partial charge in [-0.05, 0) is 62.4 Å². The zero-order chi connectivity index (χ0) is 18.9. The summed E-state index contributed by atoms with van der Waals surface area (Å²) in [4.78, 5) is 24.5. The first-order chi connectivity index (χ1) is 12.3. The van der Waals surface area contributed by atoms with Crippen molar-refractivity contribution in [2.45, 2.75) is 39.0 Å². The molecule has 0 spiro atoms. The molecule has 0 atom stereocenters. The Morgan fingerprint density at radius 3 is 2.12 bits per heavy atom. The van der Waals surface area contributed by atoms with Crippen LogP contribution in [0.4, 0.5) is 10.1 Å². The molecular formula is C21H23FN2O2. The van der Waals surface area contributed by atoms with Crippen LogP contribution in [0.25, 0.3) is 0 Å². The molecule has 4 nitrogen and oxygen atoms in total. The van der Waals surface area contributed by atoms with E-state index in [4.69, 9.17) is 0 Å². The van der Waals surface area contributed by atoms with E-state index in [9.17, 15) is 14.0 Å². The summed E-state index contributed by atoms with van der Waals surface area (Å²) >= 11 is 0. The Kier molecular flexibility index (Phi) is 4.81. The number of benzene rings is 2. The number of aryl methyl sites for hydroxylation is 3. The van der Waals surface area contributed by atoms with Crippen LogP contribution in [0, 0.1) is 26.6 Å². The zero-order valence-corrected chi connectivity index (χ0v) is 15.3. The summed E-state index contributed by atoms with van der Waals surface area (Å²) in [5.41, 5.74) is 4.44. The maximum Gasteiger partial charge on any atom is 0.313 e. The van der Waals surface area contributed by atoms with Crippen molar-refractivity contribution in [3.05, 3.63) is 64.5 Å². The Balaban J connectivity index is 1.62. The van der Waals surface area contributed by atoms with E-state index < -0.39 is 11.8 Å². The van der Waals surface area contributed by atoms with Crippen LogP contribution in [0.1, 0.15) is 35.1 Å². The lowest BCUT2D eigenvalue weighted by Gasteiger charge is -2.17. The number of amides is 2. The normalized spacial score (nSPS) is 14.6. The quantitative estimate of drug-likeness (QED) is 0.825. The van der Waals surface area contributed by atoms with Crippen molar-refractivity contribution in [1.82, 2.24) is 5.32 Å². The summed E-state index contributed by atoms with van der Waals surface area (Å²) in [5, 5.41) is 5.43. The number of anilines is 1. The first-order valence-electron chi connectivity index (χ1n) is 8.74. The van der Waals surface area contributed by atoms with Gasteiger partial charge >= 0.3 is 11.8 Å². The predicted octanol–water partition coefficient (Wildman–Crippen LogP) is 3.54. The first-order valence-corrected chi connectivity index (χ1v) is 8.74. The molecule has 1 saturated carbocycles. The van der Waals surface area contributed by atoms with E-state index in [0.717, 1.165) is 35.1 Å². The first kappa shape index (κ1) is 18.1. The third kappa shape index (κ3) is 3.77. The summed E-state index contributed by atoms with van der Waals surface area (Å²) in [6, 6.07) is 10.3. The number of carbonyl (C=O) groups excluding carboxylic acids is 2. The van der Waals surface area contributed by atoms with Crippen LogP contribution < -0.4 is 10.6 Å². The average Bonchev–Trinajstić information content (AvgIpc) is 3.37. The molecule has 3 rings (SSSR count). The summed E-state index contributed by atoms with van der Waals surface area (Å²) in [6.45, 7) is 6.17. The molecule has 0 heterocycles. The molecule has 0 radical (unpaired) electrons. The number of carbonyl (C=O) groups is 2. The number of hydrogen-bond acceptors (Lipinski definition) is 2. The van der Waals surface area contributed by atoms with E-state index >= 15 is 0 Å². The Morgan fingerprint density at radius 2 is 1.58 bits per heavy atom. The second-order valence-corrected chi connectivity index (χ2v) is 7.20. The molecule has 2 aromatic carbocycles. The van der Waals surface area contributed by atoms with E-state index in [1.807, 2.05) is 32.9 Å². The lowest BCUT2D eigenvalue weighted by atomic mass is 9.96. The SMILES string of the molecule is Cc1cc(C)c(NC(=O)C(=O)NCC2(c3ccc(F)cc3)CC2)c(C)c1. The van der Waals surface area contributed by atoms with Crippen molar-refractivity contribution in [3.63, 3.8) is 0 Å². The second kappa shape index (κ2) is 6.90. The number of rotatable bonds is 4. The summed E-state index contributed by atoms with van der Waals surface area (Å²) in [6.07, 6.45) is 1.83. The minimum atomic E-state index is -0.671. The van der Waals surface area contributed by atoms with Gasteiger partial charge in [0, 0.05) is 17.6 Å². The van der Waals surface area contributed by atoms with Crippen LogP contribution in [-0.2, 0) is 15.0 Å². The van der Waals surface area contributed by atoms with Crippen LogP contribution in [0.3, 0.4) is 0 Å². The molecule has 2 aromatic rings. The van der Waals surface area contributed by atoms with Gasteiger partial charge in [0.2, 0.25) is 0 Å². The maximum atomic E-state index is 13.1. The van der Waals surface area contributed by atoms with Gasteiger partial charge in [-0.15, -0.1) is 0 Å². The lowest BCUT2D eigenvalue weighted by Crippen LogP contribution is -2.39. The third-order valence-corrected chi connectivity index (χ3v) is 5.02. The molecule has 5 heteroatoms. The molecule has 1 aliphatic rings. The molecule has 0 bridgehead atoms. The van der Waals surface area contributed by atoms with Gasteiger partial charge in [0.15, 0.2) is 0 Å². The van der Waals surface area contributed by atoms with Crippen molar-refractivity contribution >= 4 is 17.5 Å². The van der Waals surface area contributed by atoms with Crippen molar-refractivity contribution in [2.24, 2.45) is 0 Å². The van der Waals surface area contributed by atoms with Crippen LogP contribution in [0.5, 0.6) is 0 Å². The third-order valence-electron chi connectivity index (χ3n) is 5.02. The Labute approximate surface area is 152 Å². The highest BCUT2D eigenvalue weighted by molar-refractivity contribution is 6.39. The van der Waals surface area contributed by atoms with Crippen LogP contribution in [0.15, 0.2) is 36.4 Å². The topological polar surface area (TPSA) is 58.2 Å². The molecule has 2 N–H and O–H groups in total. The molecule has 1 fully saturated rings. The van der Waals surface area contributed by atoms with Gasteiger partial charge in [-0.2, -0.15) is 0 Å². The van der Waals surface area contributed by atoms with E-state index in [2.05, 4.69) is 10.6 Å². The molecule has 136 valence electrons. The van der Waals surface area contributed by atoms with Crippen LogP contribution in [-0.4, -0.2) is 18.4 Å². The van der Waals surface area contributed by atoms with E-state index in [0.29, 0.717) is 12.2 Å². The Hall–Kier alpha value is -2.69.